The van der Waals surface area contributed by atoms with E-state index in [2.05, 4.69) is 10.3 Å². The number of carbonyl (C=O) groups excluding carboxylic acids is 1. The van der Waals surface area contributed by atoms with Gasteiger partial charge in [0, 0.05) is 24.0 Å². The molecule has 4 nitrogen and oxygen atoms in total. The first kappa shape index (κ1) is 22.4. The van der Waals surface area contributed by atoms with Crippen molar-refractivity contribution in [2.75, 3.05) is 12.4 Å². The molecule has 0 fully saturated rings. The Morgan fingerprint density at radius 2 is 1.83 bits per heavy atom. The summed E-state index contributed by atoms with van der Waals surface area (Å²) in [5.41, 5.74) is 1.96. The van der Waals surface area contributed by atoms with Crippen LogP contribution in [0.5, 0.6) is 5.75 Å². The van der Waals surface area contributed by atoms with Crippen LogP contribution in [0.1, 0.15) is 15.2 Å². The molecule has 30 heavy (non-hydrogen) atoms. The van der Waals surface area contributed by atoms with Crippen molar-refractivity contribution >= 4 is 68.3 Å². The second-order valence-electron chi connectivity index (χ2n) is 6.06. The van der Waals surface area contributed by atoms with Gasteiger partial charge >= 0.3 is 0 Å². The lowest BCUT2D eigenvalue weighted by Gasteiger charge is -2.07. The van der Waals surface area contributed by atoms with Gasteiger partial charge in [0.1, 0.15) is 16.3 Å². The Morgan fingerprint density at radius 1 is 1.07 bits per heavy atom. The maximum Gasteiger partial charge on any atom is 0.163 e. The van der Waals surface area contributed by atoms with Crippen LogP contribution in [0.2, 0.25) is 15.1 Å². The van der Waals surface area contributed by atoms with Crippen molar-refractivity contribution in [3.05, 3.63) is 86.3 Å². The van der Waals surface area contributed by atoms with Crippen LogP contribution >= 0.6 is 46.1 Å². The predicted molar refractivity (Wildman–Crippen MR) is 127 cm³/mol. The highest BCUT2D eigenvalue weighted by Gasteiger charge is 2.14. The second-order valence-corrected chi connectivity index (χ2v) is 8.34. The Morgan fingerprint density at radius 3 is 2.50 bits per heavy atom. The number of hydrogen-bond acceptors (Lipinski definition) is 5. The quantitative estimate of drug-likeness (QED) is 0.303. The maximum absolute atomic E-state index is 11.2. The third kappa shape index (κ3) is 5.64. The van der Waals surface area contributed by atoms with Crippen LogP contribution in [0, 0.1) is 0 Å². The number of anilines is 1. The normalized spacial score (nSPS) is 10.3. The molecule has 1 N–H and O–H groups in total. The number of hydrogen-bond donors (Lipinski definition) is 1. The molecule has 4 rings (SSSR count). The number of nitrogens with one attached hydrogen (secondary N) is 1. The van der Waals surface area contributed by atoms with Crippen molar-refractivity contribution in [2.45, 2.75) is 6.61 Å². The Labute approximate surface area is 193 Å². The summed E-state index contributed by atoms with van der Waals surface area (Å²) < 4.78 is 5.80. The minimum atomic E-state index is 0.304. The van der Waals surface area contributed by atoms with Crippen molar-refractivity contribution in [1.29, 1.82) is 0 Å². The van der Waals surface area contributed by atoms with E-state index in [0.29, 0.717) is 27.3 Å². The van der Waals surface area contributed by atoms with E-state index in [9.17, 15) is 4.79 Å². The van der Waals surface area contributed by atoms with Crippen LogP contribution in [0.25, 0.3) is 10.2 Å². The molecule has 0 bridgehead atoms. The number of benzene rings is 2. The molecule has 0 aliphatic rings. The van der Waals surface area contributed by atoms with Crippen molar-refractivity contribution in [3.8, 4) is 5.75 Å². The number of halogens is 3. The SMILES string of the molecule is CNc1ccc(Cl)cc1.O=Cc1sc2ncccc2c1OCc1ccc(Cl)c(Cl)c1. The van der Waals surface area contributed by atoms with Gasteiger partial charge in [-0.25, -0.2) is 4.98 Å². The fourth-order valence-electron chi connectivity index (χ4n) is 2.56. The summed E-state index contributed by atoms with van der Waals surface area (Å²) in [7, 11) is 1.88. The van der Waals surface area contributed by atoms with Crippen molar-refractivity contribution in [2.24, 2.45) is 0 Å². The molecule has 0 aliphatic heterocycles. The van der Waals surface area contributed by atoms with Gasteiger partial charge in [-0.05, 0) is 54.1 Å². The van der Waals surface area contributed by atoms with Crippen LogP contribution < -0.4 is 10.1 Å². The zero-order chi connectivity index (χ0) is 21.5. The second kappa shape index (κ2) is 10.6. The minimum absolute atomic E-state index is 0.304. The molecule has 8 heteroatoms. The van der Waals surface area contributed by atoms with Crippen LogP contribution in [0.3, 0.4) is 0 Å². The molecule has 2 aromatic heterocycles. The average Bonchev–Trinajstić information content (AvgIpc) is 3.13. The largest absolute Gasteiger partial charge is 0.487 e. The highest BCUT2D eigenvalue weighted by molar-refractivity contribution is 7.20. The van der Waals surface area contributed by atoms with E-state index >= 15 is 0 Å². The highest BCUT2D eigenvalue weighted by atomic mass is 35.5. The summed E-state index contributed by atoms with van der Waals surface area (Å²) in [6.07, 6.45) is 2.48. The smallest absolute Gasteiger partial charge is 0.163 e. The molecular formula is C22H17Cl3N2O2S. The number of carbonyl (C=O) groups is 1. The Hall–Kier alpha value is -2.31. The number of rotatable bonds is 5. The molecule has 0 radical (unpaired) electrons. The fourth-order valence-corrected chi connectivity index (χ4v) is 3.91. The maximum atomic E-state index is 11.2. The minimum Gasteiger partial charge on any atom is -0.487 e. The van der Waals surface area contributed by atoms with Gasteiger partial charge in [-0.2, -0.15) is 0 Å². The molecule has 2 aromatic carbocycles. The lowest BCUT2D eigenvalue weighted by atomic mass is 10.2. The molecule has 0 amide bonds. The summed E-state index contributed by atoms with van der Waals surface area (Å²) in [4.78, 5) is 16.7. The number of thiophene rings is 1. The monoisotopic (exact) mass is 478 g/mol. The van der Waals surface area contributed by atoms with Gasteiger partial charge in [-0.1, -0.05) is 40.9 Å². The first-order valence-corrected chi connectivity index (χ1v) is 10.8. The van der Waals surface area contributed by atoms with E-state index in [4.69, 9.17) is 39.5 Å². The average molecular weight is 480 g/mol. The standard InChI is InChI=1S/C15H9Cl2NO2S.C7H8ClN/c16-11-4-3-9(6-12(11)17)8-20-14-10-2-1-5-18-15(10)21-13(14)7-19;1-9-7-4-2-6(8)3-5-7/h1-7H,8H2;2-5,9H,1H3. The number of fused-ring (bicyclic) bond motifs is 1. The summed E-state index contributed by atoms with van der Waals surface area (Å²) in [5.74, 6) is 0.559. The highest BCUT2D eigenvalue weighted by Crippen LogP contribution is 2.36. The van der Waals surface area contributed by atoms with Gasteiger partial charge in [-0.3, -0.25) is 4.79 Å². The number of aromatic nitrogens is 1. The number of nitrogens with zero attached hydrogens (tertiary/aromatic N) is 1. The van der Waals surface area contributed by atoms with Crippen LogP contribution in [0.15, 0.2) is 60.8 Å². The Balaban J connectivity index is 0.000000239. The van der Waals surface area contributed by atoms with Crippen LogP contribution in [-0.2, 0) is 6.61 Å². The van der Waals surface area contributed by atoms with Gasteiger partial charge in [0.25, 0.3) is 0 Å². The number of pyridine rings is 1. The molecule has 0 saturated carbocycles. The van der Waals surface area contributed by atoms with Crippen molar-refractivity contribution in [3.63, 3.8) is 0 Å². The van der Waals surface area contributed by atoms with E-state index in [0.717, 1.165) is 32.8 Å². The zero-order valence-electron chi connectivity index (χ0n) is 15.9. The summed E-state index contributed by atoms with van der Waals surface area (Å²) in [5, 5.41) is 5.58. The summed E-state index contributed by atoms with van der Waals surface area (Å²) in [6, 6.07) is 16.6. The van der Waals surface area contributed by atoms with E-state index in [1.807, 2.05) is 49.5 Å². The van der Waals surface area contributed by atoms with E-state index in [-0.39, 0.29) is 0 Å². The zero-order valence-corrected chi connectivity index (χ0v) is 18.9. The summed E-state index contributed by atoms with van der Waals surface area (Å²) >= 11 is 18.8. The van der Waals surface area contributed by atoms with Crippen molar-refractivity contribution in [1.82, 2.24) is 4.98 Å². The van der Waals surface area contributed by atoms with Crippen LogP contribution in [-0.4, -0.2) is 18.3 Å². The first-order valence-electron chi connectivity index (χ1n) is 8.84. The van der Waals surface area contributed by atoms with Crippen LogP contribution in [0.4, 0.5) is 5.69 Å². The summed E-state index contributed by atoms with van der Waals surface area (Å²) in [6.45, 7) is 0.304. The molecule has 4 aromatic rings. The molecule has 154 valence electrons. The third-order valence-electron chi connectivity index (χ3n) is 4.05. The fraction of sp³-hybridized carbons (Fsp3) is 0.0909. The molecule has 0 spiro atoms. The van der Waals surface area contributed by atoms with E-state index in [1.165, 1.54) is 11.3 Å². The predicted octanol–water partition coefficient (Wildman–Crippen LogP) is 7.38. The lowest BCUT2D eigenvalue weighted by Crippen LogP contribution is -1.96. The van der Waals surface area contributed by atoms with Gasteiger partial charge in [0.05, 0.1) is 15.4 Å². The Bertz CT molecular complexity index is 1150. The number of ether oxygens (including phenoxy) is 1. The Kier molecular flexibility index (Phi) is 7.94. The molecular weight excluding hydrogens is 463 g/mol. The topological polar surface area (TPSA) is 51.2 Å². The molecule has 0 aliphatic carbocycles. The first-order chi connectivity index (χ1) is 14.5. The van der Waals surface area contributed by atoms with Crippen molar-refractivity contribution < 1.29 is 9.53 Å². The lowest BCUT2D eigenvalue weighted by molar-refractivity contribution is 0.112. The molecule has 2 heterocycles. The van der Waals surface area contributed by atoms with E-state index in [1.54, 1.807) is 18.3 Å². The molecule has 0 unspecified atom stereocenters. The number of aldehydes is 1. The van der Waals surface area contributed by atoms with Gasteiger partial charge in [0.15, 0.2) is 12.0 Å². The molecule has 0 saturated heterocycles. The molecule has 0 atom stereocenters. The van der Waals surface area contributed by atoms with Gasteiger partial charge < -0.3 is 10.1 Å². The third-order valence-corrected chi connectivity index (χ3v) is 6.06. The van der Waals surface area contributed by atoms with Gasteiger partial charge in [-0.15, -0.1) is 11.3 Å². The van der Waals surface area contributed by atoms with E-state index < -0.39 is 0 Å². The van der Waals surface area contributed by atoms with Gasteiger partial charge in [0.2, 0.25) is 0 Å².